The molecule has 20 heavy (non-hydrogen) atoms. The van der Waals surface area contributed by atoms with Crippen molar-refractivity contribution in [3.8, 4) is 0 Å². The molecule has 0 radical (unpaired) electrons. The normalized spacial score (nSPS) is 10.6. The van der Waals surface area contributed by atoms with Gasteiger partial charge in [0.05, 0.1) is 27.8 Å². The highest BCUT2D eigenvalue weighted by molar-refractivity contribution is 7.99. The topological polar surface area (TPSA) is 72.9 Å². The first-order chi connectivity index (χ1) is 9.45. The van der Waals surface area contributed by atoms with Gasteiger partial charge in [0, 0.05) is 12.1 Å². The molecule has 2 rings (SSSR count). The zero-order valence-electron chi connectivity index (χ0n) is 11.2. The molecule has 1 heterocycles. The molecule has 0 saturated carbocycles. The number of aromatic nitrogens is 2. The summed E-state index contributed by atoms with van der Waals surface area (Å²) in [6.45, 7) is 1.91. The lowest BCUT2D eigenvalue weighted by atomic mass is 10.2. The number of nitrogens with one attached hydrogen (secondary N) is 1. The highest BCUT2D eigenvalue weighted by Crippen LogP contribution is 2.24. The van der Waals surface area contributed by atoms with Gasteiger partial charge in [0.25, 0.3) is 0 Å². The van der Waals surface area contributed by atoms with E-state index in [4.69, 9.17) is 17.3 Å². The third kappa shape index (κ3) is 3.68. The van der Waals surface area contributed by atoms with Crippen LogP contribution in [-0.4, -0.2) is 21.4 Å². The van der Waals surface area contributed by atoms with Crippen LogP contribution in [0, 0.1) is 6.92 Å². The van der Waals surface area contributed by atoms with E-state index >= 15 is 0 Å². The minimum Gasteiger partial charge on any atom is -0.397 e. The van der Waals surface area contributed by atoms with E-state index in [2.05, 4.69) is 10.4 Å². The minimum absolute atomic E-state index is 0.136. The Kier molecular flexibility index (Phi) is 4.57. The van der Waals surface area contributed by atoms with Crippen molar-refractivity contribution in [1.29, 1.82) is 0 Å². The zero-order valence-corrected chi connectivity index (χ0v) is 12.8. The van der Waals surface area contributed by atoms with Crippen LogP contribution < -0.4 is 11.1 Å². The fourth-order valence-corrected chi connectivity index (χ4v) is 2.69. The fourth-order valence-electron chi connectivity index (χ4n) is 1.68. The van der Waals surface area contributed by atoms with E-state index in [1.54, 1.807) is 22.9 Å². The highest BCUT2D eigenvalue weighted by Gasteiger charge is 2.09. The Morgan fingerprint density at radius 2 is 2.25 bits per heavy atom. The number of rotatable bonds is 4. The van der Waals surface area contributed by atoms with Crippen LogP contribution in [-0.2, 0) is 11.8 Å². The summed E-state index contributed by atoms with van der Waals surface area (Å²) in [5.74, 6) is 0.146. The van der Waals surface area contributed by atoms with E-state index in [1.165, 1.54) is 11.8 Å². The number of hydrogen-bond acceptors (Lipinski definition) is 4. The Morgan fingerprint density at radius 1 is 1.50 bits per heavy atom. The third-order valence-corrected chi connectivity index (χ3v) is 3.92. The molecular weight excluding hydrogens is 296 g/mol. The highest BCUT2D eigenvalue weighted by atomic mass is 35.5. The molecule has 1 amide bonds. The predicted octanol–water partition coefficient (Wildman–Crippen LogP) is 2.69. The molecule has 2 aromatic rings. The summed E-state index contributed by atoms with van der Waals surface area (Å²) in [4.78, 5) is 11.9. The number of aryl methyl sites for hydroxylation is 2. The number of carbonyl (C=O) groups is 1. The summed E-state index contributed by atoms with van der Waals surface area (Å²) in [5.41, 5.74) is 7.73. The molecule has 0 aliphatic carbocycles. The Bertz CT molecular complexity index is 641. The van der Waals surface area contributed by atoms with Gasteiger partial charge in [-0.25, -0.2) is 0 Å². The van der Waals surface area contributed by atoms with Crippen LogP contribution in [0.1, 0.15) is 5.69 Å². The number of anilines is 2. The van der Waals surface area contributed by atoms with Crippen molar-refractivity contribution in [2.45, 2.75) is 11.9 Å². The summed E-state index contributed by atoms with van der Waals surface area (Å²) in [7, 11) is 1.85. The van der Waals surface area contributed by atoms with Crippen LogP contribution >= 0.6 is 23.4 Å². The van der Waals surface area contributed by atoms with Gasteiger partial charge >= 0.3 is 0 Å². The van der Waals surface area contributed by atoms with Crippen molar-refractivity contribution in [2.24, 2.45) is 7.05 Å². The van der Waals surface area contributed by atoms with Crippen LogP contribution in [0.2, 0.25) is 5.02 Å². The Labute approximate surface area is 126 Å². The largest absolute Gasteiger partial charge is 0.397 e. The number of thioether (sulfide) groups is 1. The molecule has 106 valence electrons. The van der Waals surface area contributed by atoms with Gasteiger partial charge in [-0.05, 0) is 31.2 Å². The molecule has 0 spiro atoms. The number of nitrogens with two attached hydrogens (primary N) is 1. The molecule has 0 unspecified atom stereocenters. The van der Waals surface area contributed by atoms with E-state index in [0.29, 0.717) is 16.4 Å². The van der Waals surface area contributed by atoms with Crippen molar-refractivity contribution in [1.82, 2.24) is 9.78 Å². The van der Waals surface area contributed by atoms with Crippen LogP contribution in [0.15, 0.2) is 29.3 Å². The van der Waals surface area contributed by atoms with Gasteiger partial charge in [0.15, 0.2) is 0 Å². The van der Waals surface area contributed by atoms with Crippen LogP contribution in [0.4, 0.5) is 11.4 Å². The second-order valence-corrected chi connectivity index (χ2v) is 5.75. The molecule has 1 aromatic carbocycles. The molecule has 5 nitrogen and oxygen atoms in total. The van der Waals surface area contributed by atoms with E-state index < -0.39 is 0 Å². The third-order valence-electron chi connectivity index (χ3n) is 2.60. The number of nitrogen functional groups attached to an aromatic ring is 1. The van der Waals surface area contributed by atoms with E-state index in [0.717, 1.165) is 10.7 Å². The molecule has 0 bridgehead atoms. The standard InChI is InChI=1S/C13H15ClN4OS/c1-8-5-13(18(2)17-8)20-7-12(19)16-11-6-9(14)3-4-10(11)15/h3-6H,7,15H2,1-2H3,(H,16,19). The summed E-state index contributed by atoms with van der Waals surface area (Å²) < 4.78 is 1.75. The second-order valence-electron chi connectivity index (χ2n) is 4.32. The van der Waals surface area contributed by atoms with Crippen LogP contribution in [0.3, 0.4) is 0 Å². The number of amides is 1. The SMILES string of the molecule is Cc1cc(SCC(=O)Nc2cc(Cl)ccc2N)n(C)n1. The van der Waals surface area contributed by atoms with Gasteiger partial charge in [0.2, 0.25) is 5.91 Å². The zero-order chi connectivity index (χ0) is 14.7. The maximum Gasteiger partial charge on any atom is 0.234 e. The summed E-state index contributed by atoms with van der Waals surface area (Å²) in [6, 6.07) is 6.91. The summed E-state index contributed by atoms with van der Waals surface area (Å²) in [6.07, 6.45) is 0. The average Bonchev–Trinajstić information content (AvgIpc) is 2.70. The number of halogens is 1. The van der Waals surface area contributed by atoms with E-state index in [1.807, 2.05) is 20.0 Å². The molecule has 0 aliphatic heterocycles. The van der Waals surface area contributed by atoms with Gasteiger partial charge in [-0.3, -0.25) is 9.48 Å². The van der Waals surface area contributed by atoms with Crippen molar-refractivity contribution >= 4 is 40.6 Å². The van der Waals surface area contributed by atoms with Crippen molar-refractivity contribution in [2.75, 3.05) is 16.8 Å². The van der Waals surface area contributed by atoms with Crippen molar-refractivity contribution < 1.29 is 4.79 Å². The quantitative estimate of drug-likeness (QED) is 0.672. The maximum absolute atomic E-state index is 11.9. The van der Waals surface area contributed by atoms with Gasteiger partial charge in [-0.1, -0.05) is 23.4 Å². The second kappa shape index (κ2) is 6.19. The summed E-state index contributed by atoms with van der Waals surface area (Å²) in [5, 5.41) is 8.45. The molecule has 0 fully saturated rings. The predicted molar refractivity (Wildman–Crippen MR) is 83.2 cm³/mol. The lowest BCUT2D eigenvalue weighted by molar-refractivity contribution is -0.113. The molecule has 7 heteroatoms. The lowest BCUT2D eigenvalue weighted by Crippen LogP contribution is -2.15. The average molecular weight is 311 g/mol. The van der Waals surface area contributed by atoms with E-state index in [9.17, 15) is 4.79 Å². The van der Waals surface area contributed by atoms with Gasteiger partial charge in [-0.15, -0.1) is 0 Å². The summed E-state index contributed by atoms with van der Waals surface area (Å²) >= 11 is 7.29. The van der Waals surface area contributed by atoms with Crippen molar-refractivity contribution in [3.05, 3.63) is 35.0 Å². The molecule has 1 aromatic heterocycles. The van der Waals surface area contributed by atoms with Crippen LogP contribution in [0.5, 0.6) is 0 Å². The lowest BCUT2D eigenvalue weighted by Gasteiger charge is -2.08. The van der Waals surface area contributed by atoms with Crippen molar-refractivity contribution in [3.63, 3.8) is 0 Å². The number of nitrogens with zero attached hydrogens (tertiary/aromatic N) is 2. The maximum atomic E-state index is 11.9. The molecule has 0 atom stereocenters. The molecule has 0 saturated heterocycles. The fraction of sp³-hybridized carbons (Fsp3) is 0.231. The van der Waals surface area contributed by atoms with E-state index in [-0.39, 0.29) is 11.7 Å². The first-order valence-electron chi connectivity index (χ1n) is 5.94. The number of benzene rings is 1. The van der Waals surface area contributed by atoms with Crippen LogP contribution in [0.25, 0.3) is 0 Å². The Balaban J connectivity index is 1.96. The van der Waals surface area contributed by atoms with Gasteiger partial charge < -0.3 is 11.1 Å². The first kappa shape index (κ1) is 14.7. The smallest absolute Gasteiger partial charge is 0.234 e. The van der Waals surface area contributed by atoms with Gasteiger partial charge in [0.1, 0.15) is 0 Å². The Morgan fingerprint density at radius 3 is 2.90 bits per heavy atom. The molecule has 0 aliphatic rings. The monoisotopic (exact) mass is 310 g/mol. The minimum atomic E-state index is -0.136. The van der Waals surface area contributed by atoms with Gasteiger partial charge in [-0.2, -0.15) is 5.10 Å². The number of hydrogen-bond donors (Lipinski definition) is 2. The Hall–Kier alpha value is -1.66. The molecular formula is C13H15ClN4OS. The number of carbonyl (C=O) groups excluding carboxylic acids is 1. The first-order valence-corrected chi connectivity index (χ1v) is 7.30. The molecule has 3 N–H and O–H groups in total.